The summed E-state index contributed by atoms with van der Waals surface area (Å²) in [6.07, 6.45) is 2.58. The van der Waals surface area contributed by atoms with E-state index in [-0.39, 0.29) is 5.78 Å². The normalized spacial score (nSPS) is 10.9. The highest BCUT2D eigenvalue weighted by molar-refractivity contribution is 8.02. The first-order valence-corrected chi connectivity index (χ1v) is 7.67. The molecule has 0 unspecified atom stereocenters. The standard InChI is InChI=1S/C17H15ClOS/c1-2-13-3-5-14(6-4-13)17(19)11-12-20-16-9-7-15(18)8-10-16/h3-12H,2H2,1H3/b12-11+. The van der Waals surface area contributed by atoms with Gasteiger partial charge < -0.3 is 0 Å². The lowest BCUT2D eigenvalue weighted by molar-refractivity contribution is 0.104. The first-order chi connectivity index (χ1) is 9.69. The molecular formula is C17H15ClOS. The number of allylic oxidation sites excluding steroid dienone is 1. The van der Waals surface area contributed by atoms with E-state index in [1.807, 2.05) is 48.5 Å². The third-order valence-corrected chi connectivity index (χ3v) is 3.95. The van der Waals surface area contributed by atoms with E-state index in [2.05, 4.69) is 6.92 Å². The maximum absolute atomic E-state index is 12.0. The van der Waals surface area contributed by atoms with Crippen molar-refractivity contribution in [2.24, 2.45) is 0 Å². The Balaban J connectivity index is 1.96. The maximum atomic E-state index is 12.0. The molecule has 0 N–H and O–H groups in total. The Kier molecular flexibility index (Phi) is 5.45. The van der Waals surface area contributed by atoms with Crippen LogP contribution in [0.4, 0.5) is 0 Å². The van der Waals surface area contributed by atoms with Crippen molar-refractivity contribution in [3.63, 3.8) is 0 Å². The number of hydrogen-bond acceptors (Lipinski definition) is 2. The Morgan fingerprint density at radius 2 is 1.75 bits per heavy atom. The van der Waals surface area contributed by atoms with Crippen LogP contribution in [0, 0.1) is 0 Å². The molecule has 0 amide bonds. The molecule has 0 aromatic heterocycles. The van der Waals surface area contributed by atoms with E-state index in [1.54, 1.807) is 11.5 Å². The number of carbonyl (C=O) groups is 1. The zero-order valence-electron chi connectivity index (χ0n) is 11.2. The molecule has 0 aliphatic carbocycles. The molecule has 2 rings (SSSR count). The van der Waals surface area contributed by atoms with E-state index < -0.39 is 0 Å². The van der Waals surface area contributed by atoms with Gasteiger partial charge in [0.1, 0.15) is 0 Å². The Labute approximate surface area is 128 Å². The van der Waals surface area contributed by atoms with Gasteiger partial charge >= 0.3 is 0 Å². The summed E-state index contributed by atoms with van der Waals surface area (Å²) in [6.45, 7) is 2.10. The van der Waals surface area contributed by atoms with Crippen LogP contribution in [-0.4, -0.2) is 5.78 Å². The van der Waals surface area contributed by atoms with Crippen molar-refractivity contribution in [3.8, 4) is 0 Å². The van der Waals surface area contributed by atoms with Gasteiger partial charge in [0.15, 0.2) is 5.78 Å². The van der Waals surface area contributed by atoms with Gasteiger partial charge in [-0.25, -0.2) is 0 Å². The number of carbonyl (C=O) groups excluding carboxylic acids is 1. The van der Waals surface area contributed by atoms with Crippen molar-refractivity contribution in [3.05, 3.63) is 76.2 Å². The quantitative estimate of drug-likeness (QED) is 0.418. The molecule has 102 valence electrons. The van der Waals surface area contributed by atoms with Crippen molar-refractivity contribution in [2.75, 3.05) is 0 Å². The van der Waals surface area contributed by atoms with Gasteiger partial charge in [-0.1, -0.05) is 54.6 Å². The second-order valence-corrected chi connectivity index (χ2v) is 5.70. The summed E-state index contributed by atoms with van der Waals surface area (Å²) in [5, 5.41) is 2.52. The summed E-state index contributed by atoms with van der Waals surface area (Å²) in [7, 11) is 0. The molecule has 0 bridgehead atoms. The number of ketones is 1. The summed E-state index contributed by atoms with van der Waals surface area (Å²) in [5.41, 5.74) is 1.95. The minimum absolute atomic E-state index is 0.0223. The van der Waals surface area contributed by atoms with E-state index in [9.17, 15) is 4.79 Å². The molecule has 1 nitrogen and oxygen atoms in total. The predicted molar refractivity (Wildman–Crippen MR) is 86.6 cm³/mol. The molecule has 2 aromatic rings. The fourth-order valence-corrected chi connectivity index (χ4v) is 2.46. The third-order valence-electron chi connectivity index (χ3n) is 2.88. The van der Waals surface area contributed by atoms with Crippen molar-refractivity contribution >= 4 is 29.1 Å². The van der Waals surface area contributed by atoms with Crippen LogP contribution in [0.2, 0.25) is 5.02 Å². The predicted octanol–water partition coefficient (Wildman–Crippen LogP) is 5.39. The SMILES string of the molecule is CCc1ccc(C(=O)/C=C/Sc2ccc(Cl)cc2)cc1. The number of rotatable bonds is 5. The molecule has 20 heavy (non-hydrogen) atoms. The second kappa shape index (κ2) is 7.32. The zero-order valence-corrected chi connectivity index (χ0v) is 12.7. The highest BCUT2D eigenvalue weighted by Crippen LogP contribution is 2.21. The van der Waals surface area contributed by atoms with Gasteiger partial charge in [0, 0.05) is 15.5 Å². The van der Waals surface area contributed by atoms with Crippen LogP contribution >= 0.6 is 23.4 Å². The van der Waals surface area contributed by atoms with Gasteiger partial charge in [0.25, 0.3) is 0 Å². The van der Waals surface area contributed by atoms with Gasteiger partial charge in [-0.2, -0.15) is 0 Å². The summed E-state index contributed by atoms with van der Waals surface area (Å²) in [6, 6.07) is 15.3. The molecule has 0 aliphatic heterocycles. The molecule has 0 atom stereocenters. The first-order valence-electron chi connectivity index (χ1n) is 6.41. The summed E-state index contributed by atoms with van der Waals surface area (Å²) >= 11 is 7.32. The molecule has 0 saturated carbocycles. The number of aryl methyl sites for hydroxylation is 1. The molecule has 0 radical (unpaired) electrons. The number of benzene rings is 2. The van der Waals surface area contributed by atoms with E-state index in [0.717, 1.165) is 16.9 Å². The third kappa shape index (κ3) is 4.26. The van der Waals surface area contributed by atoms with Crippen LogP contribution in [0.5, 0.6) is 0 Å². The number of halogens is 1. The van der Waals surface area contributed by atoms with Crippen molar-refractivity contribution in [1.82, 2.24) is 0 Å². The van der Waals surface area contributed by atoms with E-state index in [1.165, 1.54) is 17.3 Å². The highest BCUT2D eigenvalue weighted by Gasteiger charge is 2.01. The Hall–Kier alpha value is -1.51. The van der Waals surface area contributed by atoms with E-state index in [0.29, 0.717) is 5.02 Å². The largest absolute Gasteiger partial charge is 0.289 e. The molecule has 3 heteroatoms. The average molecular weight is 303 g/mol. The molecule has 0 saturated heterocycles. The summed E-state index contributed by atoms with van der Waals surface area (Å²) in [5.74, 6) is 0.0223. The van der Waals surface area contributed by atoms with Crippen LogP contribution < -0.4 is 0 Å². The lowest BCUT2D eigenvalue weighted by Gasteiger charge is -1.99. The first kappa shape index (κ1) is 14.9. The molecule has 0 fully saturated rings. The maximum Gasteiger partial charge on any atom is 0.186 e. The molecular weight excluding hydrogens is 288 g/mol. The van der Waals surface area contributed by atoms with Crippen LogP contribution in [0.3, 0.4) is 0 Å². The van der Waals surface area contributed by atoms with Gasteiger partial charge in [-0.05, 0) is 47.7 Å². The van der Waals surface area contributed by atoms with Crippen LogP contribution in [0.1, 0.15) is 22.8 Å². The zero-order chi connectivity index (χ0) is 14.4. The Morgan fingerprint density at radius 1 is 1.10 bits per heavy atom. The van der Waals surface area contributed by atoms with Crippen molar-refractivity contribution in [2.45, 2.75) is 18.2 Å². The summed E-state index contributed by atoms with van der Waals surface area (Å²) in [4.78, 5) is 13.0. The highest BCUT2D eigenvalue weighted by atomic mass is 35.5. The number of thioether (sulfide) groups is 1. The van der Waals surface area contributed by atoms with E-state index >= 15 is 0 Å². The minimum Gasteiger partial charge on any atom is -0.289 e. The molecule has 0 aliphatic rings. The Bertz CT molecular complexity index is 600. The van der Waals surface area contributed by atoms with Crippen LogP contribution in [0.25, 0.3) is 0 Å². The average Bonchev–Trinajstić information content (AvgIpc) is 2.49. The smallest absolute Gasteiger partial charge is 0.186 e. The minimum atomic E-state index is 0.0223. The van der Waals surface area contributed by atoms with Gasteiger partial charge in [-0.15, -0.1) is 0 Å². The van der Waals surface area contributed by atoms with Crippen LogP contribution in [-0.2, 0) is 6.42 Å². The monoisotopic (exact) mass is 302 g/mol. The van der Waals surface area contributed by atoms with Crippen LogP contribution in [0.15, 0.2) is 64.9 Å². The van der Waals surface area contributed by atoms with Gasteiger partial charge in [0.05, 0.1) is 0 Å². The fraction of sp³-hybridized carbons (Fsp3) is 0.118. The van der Waals surface area contributed by atoms with Crippen molar-refractivity contribution < 1.29 is 4.79 Å². The molecule has 0 spiro atoms. The van der Waals surface area contributed by atoms with Gasteiger partial charge in [0.2, 0.25) is 0 Å². The van der Waals surface area contributed by atoms with Gasteiger partial charge in [-0.3, -0.25) is 4.79 Å². The lowest BCUT2D eigenvalue weighted by Crippen LogP contribution is -1.93. The van der Waals surface area contributed by atoms with Crippen molar-refractivity contribution in [1.29, 1.82) is 0 Å². The topological polar surface area (TPSA) is 17.1 Å². The number of hydrogen-bond donors (Lipinski definition) is 0. The molecule has 2 aromatic carbocycles. The lowest BCUT2D eigenvalue weighted by atomic mass is 10.1. The van der Waals surface area contributed by atoms with E-state index in [4.69, 9.17) is 11.6 Å². The fourth-order valence-electron chi connectivity index (χ4n) is 1.69. The Morgan fingerprint density at radius 3 is 2.35 bits per heavy atom. The second-order valence-electron chi connectivity index (χ2n) is 4.29. The summed E-state index contributed by atoms with van der Waals surface area (Å²) < 4.78 is 0. The molecule has 0 heterocycles.